The van der Waals surface area contributed by atoms with Crippen LogP contribution >= 0.6 is 11.6 Å². The Hall–Kier alpha value is -1.65. The number of hydrogen-bond acceptors (Lipinski definition) is 4. The zero-order chi connectivity index (χ0) is 14.7. The van der Waals surface area contributed by atoms with Gasteiger partial charge in [0, 0.05) is 5.56 Å². The number of aliphatic hydroxyl groups is 1. The minimum atomic E-state index is -0.773. The molecule has 0 aliphatic carbocycles. The number of ether oxygens (including phenoxy) is 1. The number of benzene rings is 1. The summed E-state index contributed by atoms with van der Waals surface area (Å²) in [6, 6.07) is 7.09. The van der Waals surface area contributed by atoms with Crippen LogP contribution in [0.5, 0.6) is 5.75 Å². The Morgan fingerprint density at radius 3 is 2.70 bits per heavy atom. The molecule has 0 bridgehead atoms. The van der Waals surface area contributed by atoms with Gasteiger partial charge in [-0.15, -0.1) is 0 Å². The molecule has 0 saturated heterocycles. The van der Waals surface area contributed by atoms with Gasteiger partial charge in [0.05, 0.1) is 23.5 Å². The third-order valence-electron chi connectivity index (χ3n) is 3.15. The number of aryl methyl sites for hydroxylation is 2. The highest BCUT2D eigenvalue weighted by atomic mass is 35.5. The Labute approximate surface area is 123 Å². The van der Waals surface area contributed by atoms with Gasteiger partial charge in [-0.1, -0.05) is 24.6 Å². The van der Waals surface area contributed by atoms with Crippen LogP contribution in [0.15, 0.2) is 24.3 Å². The van der Waals surface area contributed by atoms with E-state index in [0.717, 1.165) is 17.0 Å². The molecule has 106 valence electrons. The fourth-order valence-electron chi connectivity index (χ4n) is 2.07. The van der Waals surface area contributed by atoms with Gasteiger partial charge in [-0.2, -0.15) is 10.2 Å². The van der Waals surface area contributed by atoms with Crippen LogP contribution in [-0.4, -0.2) is 22.4 Å². The highest BCUT2D eigenvalue weighted by Crippen LogP contribution is 2.31. The molecule has 2 aromatic rings. The maximum Gasteiger partial charge on any atom is 0.137 e. The lowest BCUT2D eigenvalue weighted by molar-refractivity contribution is 0.217. The number of halogens is 1. The van der Waals surface area contributed by atoms with Gasteiger partial charge in [-0.25, -0.2) is 0 Å². The molecular formula is C15H17ClN2O2. The quantitative estimate of drug-likeness (QED) is 0.941. The second-order valence-electron chi connectivity index (χ2n) is 4.54. The Morgan fingerprint density at radius 2 is 2.05 bits per heavy atom. The van der Waals surface area contributed by atoms with Crippen molar-refractivity contribution in [3.63, 3.8) is 0 Å². The maximum atomic E-state index is 10.6. The molecule has 1 N–H and O–H groups in total. The number of rotatable bonds is 4. The summed E-state index contributed by atoms with van der Waals surface area (Å²) in [7, 11) is 1.55. The highest BCUT2D eigenvalue weighted by molar-refractivity contribution is 6.32. The minimum absolute atomic E-state index is 0.517. The van der Waals surface area contributed by atoms with Crippen molar-refractivity contribution in [2.24, 2.45) is 0 Å². The van der Waals surface area contributed by atoms with E-state index in [9.17, 15) is 5.11 Å². The Morgan fingerprint density at radius 1 is 1.30 bits per heavy atom. The van der Waals surface area contributed by atoms with E-state index in [4.69, 9.17) is 16.3 Å². The molecule has 4 nitrogen and oxygen atoms in total. The van der Waals surface area contributed by atoms with E-state index in [-0.39, 0.29) is 0 Å². The van der Waals surface area contributed by atoms with E-state index >= 15 is 0 Å². The number of methoxy groups -OCH3 is 1. The van der Waals surface area contributed by atoms with Crippen molar-refractivity contribution in [1.82, 2.24) is 10.2 Å². The van der Waals surface area contributed by atoms with E-state index in [1.807, 2.05) is 19.9 Å². The first-order chi connectivity index (χ1) is 9.56. The van der Waals surface area contributed by atoms with Crippen molar-refractivity contribution in [2.45, 2.75) is 26.4 Å². The van der Waals surface area contributed by atoms with E-state index < -0.39 is 6.10 Å². The molecule has 1 unspecified atom stereocenters. The van der Waals surface area contributed by atoms with Crippen LogP contribution in [0.1, 0.15) is 35.5 Å². The zero-order valence-corrected chi connectivity index (χ0v) is 12.5. The predicted octanol–water partition coefficient (Wildman–Crippen LogP) is 3.09. The SMILES string of the molecule is CCc1nnc(C)cc1C(O)c1ccc(Cl)c(OC)c1. The van der Waals surface area contributed by atoms with Gasteiger partial charge >= 0.3 is 0 Å². The Kier molecular flexibility index (Phi) is 4.57. The normalized spacial score (nSPS) is 12.2. The summed E-state index contributed by atoms with van der Waals surface area (Å²) in [6.07, 6.45) is -0.0602. The summed E-state index contributed by atoms with van der Waals surface area (Å²) < 4.78 is 5.18. The molecule has 5 heteroatoms. The molecule has 1 aromatic heterocycles. The van der Waals surface area contributed by atoms with Crippen LogP contribution in [-0.2, 0) is 6.42 Å². The van der Waals surface area contributed by atoms with Crippen LogP contribution in [0.3, 0.4) is 0 Å². The first-order valence-corrected chi connectivity index (χ1v) is 6.79. The average Bonchev–Trinajstić information content (AvgIpc) is 2.47. The van der Waals surface area contributed by atoms with Gasteiger partial charge in [0.1, 0.15) is 11.9 Å². The van der Waals surface area contributed by atoms with Crippen LogP contribution in [0.25, 0.3) is 0 Å². The van der Waals surface area contributed by atoms with E-state index in [2.05, 4.69) is 10.2 Å². The summed E-state index contributed by atoms with van der Waals surface area (Å²) in [5.41, 5.74) is 3.05. The van der Waals surface area contributed by atoms with Gasteiger partial charge in [-0.05, 0) is 37.1 Å². The lowest BCUT2D eigenvalue weighted by Crippen LogP contribution is -2.08. The van der Waals surface area contributed by atoms with Gasteiger partial charge in [0.25, 0.3) is 0 Å². The summed E-state index contributed by atoms with van der Waals surface area (Å²) in [5, 5.41) is 19.3. The van der Waals surface area contributed by atoms with Crippen molar-refractivity contribution in [1.29, 1.82) is 0 Å². The molecule has 2 rings (SSSR count). The molecule has 0 amide bonds. The average molecular weight is 293 g/mol. The fraction of sp³-hybridized carbons (Fsp3) is 0.333. The summed E-state index contributed by atoms with van der Waals surface area (Å²) in [5.74, 6) is 0.542. The molecule has 0 aliphatic heterocycles. The summed E-state index contributed by atoms with van der Waals surface area (Å²) >= 11 is 6.00. The molecular weight excluding hydrogens is 276 g/mol. The molecule has 1 heterocycles. The third kappa shape index (κ3) is 2.92. The lowest BCUT2D eigenvalue weighted by Gasteiger charge is -2.16. The highest BCUT2D eigenvalue weighted by Gasteiger charge is 2.17. The maximum absolute atomic E-state index is 10.6. The predicted molar refractivity (Wildman–Crippen MR) is 78.2 cm³/mol. The van der Waals surface area contributed by atoms with Crippen LogP contribution in [0.2, 0.25) is 5.02 Å². The Bertz CT molecular complexity index is 617. The number of nitrogens with zero attached hydrogens (tertiary/aromatic N) is 2. The first kappa shape index (κ1) is 14.8. The minimum Gasteiger partial charge on any atom is -0.495 e. The van der Waals surface area contributed by atoms with Crippen LogP contribution < -0.4 is 4.74 Å². The van der Waals surface area contributed by atoms with Gasteiger partial charge < -0.3 is 9.84 Å². The molecule has 20 heavy (non-hydrogen) atoms. The zero-order valence-electron chi connectivity index (χ0n) is 11.7. The van der Waals surface area contributed by atoms with E-state index in [1.54, 1.807) is 25.3 Å². The second kappa shape index (κ2) is 6.20. The van der Waals surface area contributed by atoms with Crippen LogP contribution in [0, 0.1) is 6.92 Å². The van der Waals surface area contributed by atoms with Crippen molar-refractivity contribution in [2.75, 3.05) is 7.11 Å². The molecule has 1 atom stereocenters. The topological polar surface area (TPSA) is 55.2 Å². The molecule has 0 saturated carbocycles. The summed E-state index contributed by atoms with van der Waals surface area (Å²) in [6.45, 7) is 3.84. The van der Waals surface area contributed by atoms with E-state index in [0.29, 0.717) is 22.8 Å². The second-order valence-corrected chi connectivity index (χ2v) is 4.95. The molecule has 0 spiro atoms. The number of hydrogen-bond donors (Lipinski definition) is 1. The van der Waals surface area contributed by atoms with Gasteiger partial charge in [-0.3, -0.25) is 0 Å². The smallest absolute Gasteiger partial charge is 0.137 e. The number of aliphatic hydroxyl groups excluding tert-OH is 1. The van der Waals surface area contributed by atoms with Crippen molar-refractivity contribution in [3.05, 3.63) is 51.8 Å². The standard InChI is InChI=1S/C15H17ClN2O2/c1-4-13-11(7-9(2)17-18-13)15(19)10-5-6-12(16)14(8-10)20-3/h5-8,15,19H,4H2,1-3H3. The van der Waals surface area contributed by atoms with Crippen molar-refractivity contribution >= 4 is 11.6 Å². The largest absolute Gasteiger partial charge is 0.495 e. The summed E-state index contributed by atoms with van der Waals surface area (Å²) in [4.78, 5) is 0. The molecule has 0 aliphatic rings. The molecule has 1 aromatic carbocycles. The van der Waals surface area contributed by atoms with Crippen LogP contribution in [0.4, 0.5) is 0 Å². The first-order valence-electron chi connectivity index (χ1n) is 6.41. The third-order valence-corrected chi connectivity index (χ3v) is 3.46. The Balaban J connectivity index is 2.45. The van der Waals surface area contributed by atoms with Crippen molar-refractivity contribution in [3.8, 4) is 5.75 Å². The fourth-order valence-corrected chi connectivity index (χ4v) is 2.27. The number of aromatic nitrogens is 2. The van der Waals surface area contributed by atoms with Gasteiger partial charge in [0.15, 0.2) is 0 Å². The van der Waals surface area contributed by atoms with E-state index in [1.165, 1.54) is 0 Å². The molecule has 0 fully saturated rings. The van der Waals surface area contributed by atoms with Crippen molar-refractivity contribution < 1.29 is 9.84 Å². The monoisotopic (exact) mass is 292 g/mol. The van der Waals surface area contributed by atoms with Gasteiger partial charge in [0.2, 0.25) is 0 Å². The lowest BCUT2D eigenvalue weighted by atomic mass is 9.99. The molecule has 0 radical (unpaired) electrons.